The fourth-order valence-electron chi connectivity index (χ4n) is 5.50. The molecule has 1 N–H and O–H groups in total. The molecule has 6 rings (SSSR count). The molecular formula is C30H30N4O2S. The van der Waals surface area contributed by atoms with E-state index < -0.39 is 0 Å². The molecule has 1 aliphatic heterocycles. The third-order valence-electron chi connectivity index (χ3n) is 7.25. The average Bonchev–Trinajstić information content (AvgIpc) is 3.70. The molecular weight excluding hydrogens is 480 g/mol. The summed E-state index contributed by atoms with van der Waals surface area (Å²) in [4.78, 5) is 6.88. The summed E-state index contributed by atoms with van der Waals surface area (Å²) in [6, 6.07) is 26.3. The second kappa shape index (κ2) is 10.3. The average molecular weight is 511 g/mol. The first-order valence-corrected chi connectivity index (χ1v) is 13.2. The maximum absolute atomic E-state index is 6.22. The van der Waals surface area contributed by atoms with Gasteiger partial charge in [0.05, 0.1) is 30.6 Å². The van der Waals surface area contributed by atoms with E-state index in [0.717, 1.165) is 47.1 Å². The van der Waals surface area contributed by atoms with Crippen molar-refractivity contribution in [2.45, 2.75) is 43.9 Å². The van der Waals surface area contributed by atoms with Gasteiger partial charge in [-0.05, 0) is 98.6 Å². The SMILES string of the molecule is COc1ccccc1-n1cccc1[C@H]1[C@@H](c2ccccn2)NC(=S)N1c1ccc(OC2CCCC2)cc1. The number of anilines is 1. The highest BCUT2D eigenvalue weighted by molar-refractivity contribution is 7.80. The van der Waals surface area contributed by atoms with Crippen LogP contribution < -0.4 is 19.7 Å². The molecule has 1 saturated carbocycles. The molecule has 2 fully saturated rings. The van der Waals surface area contributed by atoms with Crippen LogP contribution in [0.15, 0.2) is 91.3 Å². The molecule has 2 aliphatic rings. The predicted octanol–water partition coefficient (Wildman–Crippen LogP) is 6.38. The number of rotatable bonds is 7. The molecule has 0 amide bonds. The Balaban J connectivity index is 1.41. The molecule has 0 radical (unpaired) electrons. The van der Waals surface area contributed by atoms with Gasteiger partial charge in [0.1, 0.15) is 17.5 Å². The topological polar surface area (TPSA) is 51.5 Å². The number of aromatic nitrogens is 2. The molecule has 1 aliphatic carbocycles. The van der Waals surface area contributed by atoms with Crippen LogP contribution in [0.5, 0.6) is 11.5 Å². The molecule has 0 unspecified atom stereocenters. The lowest BCUT2D eigenvalue weighted by atomic mass is 10.0. The Morgan fingerprint density at radius 2 is 1.70 bits per heavy atom. The molecule has 4 aromatic rings. The third-order valence-corrected chi connectivity index (χ3v) is 7.56. The second-order valence-electron chi connectivity index (χ2n) is 9.49. The van der Waals surface area contributed by atoms with Crippen molar-refractivity contribution in [1.29, 1.82) is 0 Å². The zero-order valence-corrected chi connectivity index (χ0v) is 21.6. The van der Waals surface area contributed by atoms with Gasteiger partial charge in [-0.15, -0.1) is 0 Å². The highest BCUT2D eigenvalue weighted by atomic mass is 32.1. The Morgan fingerprint density at radius 1 is 0.919 bits per heavy atom. The fourth-order valence-corrected chi connectivity index (χ4v) is 5.85. The summed E-state index contributed by atoms with van der Waals surface area (Å²) in [5, 5.41) is 4.22. The van der Waals surface area contributed by atoms with Crippen molar-refractivity contribution in [1.82, 2.24) is 14.9 Å². The standard InChI is InChI=1S/C30H30N4O2S/c1-35-27-14-5-4-12-25(27)33-20-8-13-26(33)29-28(24-11-6-7-19-31-24)32-30(37)34(29)21-15-17-23(18-16-21)36-22-9-2-3-10-22/h4-8,11-20,22,28-29H,2-3,9-10H2,1H3,(H,32,37)/t28-,29+/m1/s1. The molecule has 6 nitrogen and oxygen atoms in total. The van der Waals surface area contributed by atoms with E-state index in [1.165, 1.54) is 12.8 Å². The van der Waals surface area contributed by atoms with Crippen molar-refractivity contribution in [2.75, 3.05) is 12.0 Å². The highest BCUT2D eigenvalue weighted by Gasteiger charge is 2.42. The highest BCUT2D eigenvalue weighted by Crippen LogP contribution is 2.43. The smallest absolute Gasteiger partial charge is 0.174 e. The number of thiocarbonyl (C=S) groups is 1. The van der Waals surface area contributed by atoms with Crippen LogP contribution in [0.3, 0.4) is 0 Å². The summed E-state index contributed by atoms with van der Waals surface area (Å²) in [6.07, 6.45) is 8.99. The molecule has 37 heavy (non-hydrogen) atoms. The Morgan fingerprint density at radius 3 is 2.46 bits per heavy atom. The van der Waals surface area contributed by atoms with Gasteiger partial charge in [0, 0.05) is 23.8 Å². The number of pyridine rings is 1. The van der Waals surface area contributed by atoms with Gasteiger partial charge in [-0.1, -0.05) is 18.2 Å². The molecule has 0 spiro atoms. The predicted molar refractivity (Wildman–Crippen MR) is 150 cm³/mol. The fraction of sp³-hybridized carbons (Fsp3) is 0.267. The zero-order valence-electron chi connectivity index (χ0n) is 20.8. The Hall–Kier alpha value is -3.84. The van der Waals surface area contributed by atoms with Crippen molar-refractivity contribution in [3.63, 3.8) is 0 Å². The number of hydrogen-bond acceptors (Lipinski definition) is 4. The number of methoxy groups -OCH3 is 1. The summed E-state index contributed by atoms with van der Waals surface area (Å²) in [5.74, 6) is 1.71. The first kappa shape index (κ1) is 23.6. The molecule has 2 aromatic carbocycles. The maximum Gasteiger partial charge on any atom is 0.174 e. The van der Waals surface area contributed by atoms with Crippen LogP contribution in [0.4, 0.5) is 5.69 Å². The van der Waals surface area contributed by atoms with Gasteiger partial charge < -0.3 is 24.3 Å². The first-order chi connectivity index (χ1) is 18.2. The van der Waals surface area contributed by atoms with E-state index in [1.807, 2.05) is 42.6 Å². The van der Waals surface area contributed by atoms with E-state index >= 15 is 0 Å². The molecule has 0 bridgehead atoms. The Bertz CT molecular complexity index is 1370. The summed E-state index contributed by atoms with van der Waals surface area (Å²) in [6.45, 7) is 0. The van der Waals surface area contributed by atoms with E-state index in [2.05, 4.69) is 68.4 Å². The van der Waals surface area contributed by atoms with E-state index in [9.17, 15) is 0 Å². The molecule has 2 atom stereocenters. The lowest BCUT2D eigenvalue weighted by Crippen LogP contribution is -2.30. The minimum atomic E-state index is -0.135. The summed E-state index contributed by atoms with van der Waals surface area (Å²) >= 11 is 5.93. The minimum absolute atomic E-state index is 0.133. The van der Waals surface area contributed by atoms with Crippen molar-refractivity contribution in [2.24, 2.45) is 0 Å². The maximum atomic E-state index is 6.22. The minimum Gasteiger partial charge on any atom is -0.495 e. The van der Waals surface area contributed by atoms with Crippen LogP contribution in [0.25, 0.3) is 5.69 Å². The van der Waals surface area contributed by atoms with E-state index in [4.69, 9.17) is 21.7 Å². The van der Waals surface area contributed by atoms with Gasteiger partial charge in [-0.25, -0.2) is 0 Å². The number of hydrogen-bond donors (Lipinski definition) is 1. The second-order valence-corrected chi connectivity index (χ2v) is 9.88. The van der Waals surface area contributed by atoms with Crippen molar-refractivity contribution in [3.8, 4) is 17.2 Å². The Labute approximate surface area is 222 Å². The van der Waals surface area contributed by atoms with Crippen molar-refractivity contribution >= 4 is 23.0 Å². The van der Waals surface area contributed by atoms with E-state index in [-0.39, 0.29) is 12.1 Å². The number of nitrogens with one attached hydrogen (secondary N) is 1. The quantitative estimate of drug-likeness (QED) is 0.291. The van der Waals surface area contributed by atoms with Crippen molar-refractivity contribution < 1.29 is 9.47 Å². The Kier molecular flexibility index (Phi) is 6.53. The first-order valence-electron chi connectivity index (χ1n) is 12.8. The molecule has 3 heterocycles. The zero-order chi connectivity index (χ0) is 25.2. The molecule has 7 heteroatoms. The van der Waals surface area contributed by atoms with Gasteiger partial charge >= 0.3 is 0 Å². The molecule has 1 saturated heterocycles. The molecule has 2 aromatic heterocycles. The lowest BCUT2D eigenvalue weighted by Gasteiger charge is -2.29. The van der Waals surface area contributed by atoms with Crippen LogP contribution in [0.2, 0.25) is 0 Å². The van der Waals surface area contributed by atoms with Crippen LogP contribution in [0, 0.1) is 0 Å². The monoisotopic (exact) mass is 510 g/mol. The van der Waals surface area contributed by atoms with E-state index in [1.54, 1.807) is 7.11 Å². The van der Waals surface area contributed by atoms with Gasteiger partial charge in [-0.3, -0.25) is 4.98 Å². The van der Waals surface area contributed by atoms with Gasteiger partial charge in [0.15, 0.2) is 5.11 Å². The lowest BCUT2D eigenvalue weighted by molar-refractivity contribution is 0.210. The number of ether oxygens (including phenoxy) is 2. The van der Waals surface area contributed by atoms with E-state index in [0.29, 0.717) is 11.2 Å². The summed E-state index contributed by atoms with van der Waals surface area (Å²) < 4.78 is 14.1. The van der Waals surface area contributed by atoms with Crippen LogP contribution >= 0.6 is 12.2 Å². The summed E-state index contributed by atoms with van der Waals surface area (Å²) in [5.41, 5.74) is 4.00. The number of nitrogens with zero attached hydrogens (tertiary/aromatic N) is 3. The van der Waals surface area contributed by atoms with Gasteiger partial charge in [-0.2, -0.15) is 0 Å². The van der Waals surface area contributed by atoms with Crippen molar-refractivity contribution in [3.05, 3.63) is 103 Å². The van der Waals surface area contributed by atoms with Gasteiger partial charge in [0.2, 0.25) is 0 Å². The van der Waals surface area contributed by atoms with Crippen LogP contribution in [-0.4, -0.2) is 27.9 Å². The van der Waals surface area contributed by atoms with Gasteiger partial charge in [0.25, 0.3) is 0 Å². The number of benzene rings is 2. The van der Waals surface area contributed by atoms with Crippen LogP contribution in [0.1, 0.15) is 49.2 Å². The normalized spacial score (nSPS) is 19.7. The largest absolute Gasteiger partial charge is 0.495 e. The number of para-hydroxylation sites is 2. The van der Waals surface area contributed by atoms with Crippen LogP contribution in [-0.2, 0) is 0 Å². The summed E-state index contributed by atoms with van der Waals surface area (Å²) in [7, 11) is 1.70. The third kappa shape index (κ3) is 4.55. The molecule has 188 valence electrons.